The predicted molar refractivity (Wildman–Crippen MR) is 76.7 cm³/mol. The lowest BCUT2D eigenvalue weighted by Gasteiger charge is -2.10. The van der Waals surface area contributed by atoms with Crippen LogP contribution in [0.4, 0.5) is 14.5 Å². The lowest BCUT2D eigenvalue weighted by atomic mass is 10.1. The summed E-state index contributed by atoms with van der Waals surface area (Å²) in [7, 11) is 0. The Balaban J connectivity index is 2.16. The van der Waals surface area contributed by atoms with Crippen molar-refractivity contribution in [2.24, 2.45) is 0 Å². The molecule has 0 bridgehead atoms. The van der Waals surface area contributed by atoms with Gasteiger partial charge in [0.15, 0.2) is 11.6 Å². The van der Waals surface area contributed by atoms with Crippen molar-refractivity contribution < 1.29 is 18.3 Å². The van der Waals surface area contributed by atoms with E-state index in [0.717, 1.165) is 17.7 Å². The average molecular weight is 291 g/mol. The summed E-state index contributed by atoms with van der Waals surface area (Å²) in [5.41, 5.74) is 1.45. The summed E-state index contributed by atoms with van der Waals surface area (Å²) in [6.07, 6.45) is 0. The van der Waals surface area contributed by atoms with Crippen LogP contribution in [0.15, 0.2) is 36.4 Å². The van der Waals surface area contributed by atoms with E-state index in [1.807, 2.05) is 13.8 Å². The van der Waals surface area contributed by atoms with Crippen molar-refractivity contribution in [3.63, 3.8) is 0 Å². The van der Waals surface area contributed by atoms with E-state index in [-0.39, 0.29) is 5.69 Å². The Morgan fingerprint density at radius 1 is 1.14 bits per heavy atom. The number of hydrogen-bond donors (Lipinski definition) is 1. The number of rotatable bonds is 4. The summed E-state index contributed by atoms with van der Waals surface area (Å²) < 4.78 is 31.3. The molecule has 1 N–H and O–H groups in total. The van der Waals surface area contributed by atoms with E-state index in [1.165, 1.54) is 6.07 Å². The Labute approximate surface area is 121 Å². The molecule has 0 fully saturated rings. The smallest absolute Gasteiger partial charge is 0.255 e. The second kappa shape index (κ2) is 6.35. The summed E-state index contributed by atoms with van der Waals surface area (Å²) in [5, 5.41) is 2.52. The van der Waals surface area contributed by atoms with Crippen LogP contribution < -0.4 is 10.1 Å². The molecule has 0 radical (unpaired) electrons. The zero-order valence-electron chi connectivity index (χ0n) is 11.7. The van der Waals surface area contributed by atoms with Gasteiger partial charge >= 0.3 is 0 Å². The number of ether oxygens (including phenoxy) is 1. The summed E-state index contributed by atoms with van der Waals surface area (Å²) in [5.74, 6) is -1.64. The fraction of sp³-hybridized carbons (Fsp3) is 0.188. The number of benzene rings is 2. The molecule has 0 aromatic heterocycles. The Morgan fingerprint density at radius 2 is 1.90 bits per heavy atom. The third-order valence-corrected chi connectivity index (χ3v) is 2.91. The third kappa shape index (κ3) is 3.56. The van der Waals surface area contributed by atoms with E-state index in [1.54, 1.807) is 18.2 Å². The highest BCUT2D eigenvalue weighted by Crippen LogP contribution is 2.20. The molecular formula is C16H15F2NO2. The van der Waals surface area contributed by atoms with Gasteiger partial charge in [-0.3, -0.25) is 4.79 Å². The lowest BCUT2D eigenvalue weighted by molar-refractivity contribution is 0.102. The van der Waals surface area contributed by atoms with Crippen LogP contribution >= 0.6 is 0 Å². The molecular weight excluding hydrogens is 276 g/mol. The summed E-state index contributed by atoms with van der Waals surface area (Å²) in [6.45, 7) is 4.25. The minimum absolute atomic E-state index is 0.199. The van der Waals surface area contributed by atoms with Gasteiger partial charge in [-0.2, -0.15) is 0 Å². The van der Waals surface area contributed by atoms with Gasteiger partial charge in [0, 0.05) is 17.3 Å². The van der Waals surface area contributed by atoms with E-state index in [2.05, 4.69) is 5.32 Å². The number of amides is 1. The first-order valence-electron chi connectivity index (χ1n) is 6.51. The maximum atomic E-state index is 13.1. The van der Waals surface area contributed by atoms with Gasteiger partial charge in [0.25, 0.3) is 5.91 Å². The molecule has 0 aliphatic rings. The van der Waals surface area contributed by atoms with Crippen LogP contribution in [0, 0.1) is 18.6 Å². The normalized spacial score (nSPS) is 10.3. The number of carbonyl (C=O) groups is 1. The first kappa shape index (κ1) is 15.0. The number of halogens is 2. The first-order valence-corrected chi connectivity index (χ1v) is 6.51. The fourth-order valence-electron chi connectivity index (χ4n) is 1.89. The number of hydrogen-bond acceptors (Lipinski definition) is 2. The quantitative estimate of drug-likeness (QED) is 0.927. The number of nitrogens with one attached hydrogen (secondary N) is 1. The lowest BCUT2D eigenvalue weighted by Crippen LogP contribution is -2.12. The molecule has 0 unspecified atom stereocenters. The molecule has 0 aliphatic heterocycles. The molecule has 1 amide bonds. The number of carbonyl (C=O) groups excluding carboxylic acids is 1. The molecule has 3 nitrogen and oxygen atoms in total. The van der Waals surface area contributed by atoms with Crippen molar-refractivity contribution in [3.05, 3.63) is 59.2 Å². The average Bonchev–Trinajstić information content (AvgIpc) is 2.45. The maximum absolute atomic E-state index is 13.1. The molecule has 0 spiro atoms. The summed E-state index contributed by atoms with van der Waals surface area (Å²) >= 11 is 0. The molecule has 0 saturated heterocycles. The monoisotopic (exact) mass is 291 g/mol. The molecule has 5 heteroatoms. The SMILES string of the molecule is CCOc1ccc(C(=O)Nc2ccc(F)c(F)c2)cc1C. The van der Waals surface area contributed by atoms with Crippen LogP contribution in [0.25, 0.3) is 0 Å². The Hall–Kier alpha value is -2.43. The zero-order chi connectivity index (χ0) is 15.4. The fourth-order valence-corrected chi connectivity index (χ4v) is 1.89. The zero-order valence-corrected chi connectivity index (χ0v) is 11.7. The van der Waals surface area contributed by atoms with Crippen LogP contribution in [0.2, 0.25) is 0 Å². The van der Waals surface area contributed by atoms with E-state index >= 15 is 0 Å². The Morgan fingerprint density at radius 3 is 2.52 bits per heavy atom. The van der Waals surface area contributed by atoms with Crippen LogP contribution in [-0.2, 0) is 0 Å². The van der Waals surface area contributed by atoms with Crippen molar-refractivity contribution >= 4 is 11.6 Å². The van der Waals surface area contributed by atoms with Crippen LogP contribution in [-0.4, -0.2) is 12.5 Å². The Kier molecular flexibility index (Phi) is 4.52. The van der Waals surface area contributed by atoms with Gasteiger partial charge in [0.05, 0.1) is 6.61 Å². The number of anilines is 1. The van der Waals surface area contributed by atoms with Crippen molar-refractivity contribution in [1.29, 1.82) is 0 Å². The minimum Gasteiger partial charge on any atom is -0.494 e. The van der Waals surface area contributed by atoms with Crippen molar-refractivity contribution in [2.45, 2.75) is 13.8 Å². The van der Waals surface area contributed by atoms with E-state index in [0.29, 0.717) is 17.9 Å². The molecule has 21 heavy (non-hydrogen) atoms. The molecule has 0 aliphatic carbocycles. The molecule has 0 heterocycles. The molecule has 2 aromatic carbocycles. The van der Waals surface area contributed by atoms with Crippen LogP contribution in [0.5, 0.6) is 5.75 Å². The second-order valence-electron chi connectivity index (χ2n) is 4.50. The Bertz CT molecular complexity index is 671. The van der Waals surface area contributed by atoms with Gasteiger partial charge in [0.2, 0.25) is 0 Å². The predicted octanol–water partition coefficient (Wildman–Crippen LogP) is 3.92. The van der Waals surface area contributed by atoms with Crippen LogP contribution in [0.3, 0.4) is 0 Å². The van der Waals surface area contributed by atoms with Gasteiger partial charge in [0.1, 0.15) is 5.75 Å². The van der Waals surface area contributed by atoms with Gasteiger partial charge in [-0.05, 0) is 49.7 Å². The standard InChI is InChI=1S/C16H15F2NO2/c1-3-21-15-7-4-11(8-10(15)2)16(20)19-12-5-6-13(17)14(18)9-12/h4-9H,3H2,1-2H3,(H,19,20). The molecule has 0 atom stereocenters. The van der Waals surface area contributed by atoms with E-state index < -0.39 is 17.5 Å². The highest BCUT2D eigenvalue weighted by molar-refractivity contribution is 6.04. The first-order chi connectivity index (χ1) is 10.0. The van der Waals surface area contributed by atoms with Crippen molar-refractivity contribution in [1.82, 2.24) is 0 Å². The van der Waals surface area contributed by atoms with Gasteiger partial charge in [-0.15, -0.1) is 0 Å². The molecule has 2 aromatic rings. The summed E-state index contributed by atoms with van der Waals surface area (Å²) in [4.78, 5) is 12.1. The topological polar surface area (TPSA) is 38.3 Å². The van der Waals surface area contributed by atoms with E-state index in [4.69, 9.17) is 4.74 Å². The largest absolute Gasteiger partial charge is 0.494 e. The molecule has 110 valence electrons. The molecule has 0 saturated carbocycles. The van der Waals surface area contributed by atoms with Crippen molar-refractivity contribution in [2.75, 3.05) is 11.9 Å². The highest BCUT2D eigenvalue weighted by atomic mass is 19.2. The van der Waals surface area contributed by atoms with Crippen LogP contribution in [0.1, 0.15) is 22.8 Å². The van der Waals surface area contributed by atoms with Gasteiger partial charge in [-0.1, -0.05) is 0 Å². The molecule has 2 rings (SSSR count). The second-order valence-corrected chi connectivity index (χ2v) is 4.50. The highest BCUT2D eigenvalue weighted by Gasteiger charge is 2.10. The van der Waals surface area contributed by atoms with Gasteiger partial charge in [-0.25, -0.2) is 8.78 Å². The van der Waals surface area contributed by atoms with E-state index in [9.17, 15) is 13.6 Å². The maximum Gasteiger partial charge on any atom is 0.255 e. The van der Waals surface area contributed by atoms with Crippen molar-refractivity contribution in [3.8, 4) is 5.75 Å². The van der Waals surface area contributed by atoms with Gasteiger partial charge < -0.3 is 10.1 Å². The number of aryl methyl sites for hydroxylation is 1. The summed E-state index contributed by atoms with van der Waals surface area (Å²) in [6, 6.07) is 8.22. The third-order valence-electron chi connectivity index (χ3n) is 2.91. The minimum atomic E-state index is -1.00.